The van der Waals surface area contributed by atoms with E-state index in [1.54, 1.807) is 6.20 Å². The maximum atomic E-state index is 11.6. The summed E-state index contributed by atoms with van der Waals surface area (Å²) < 4.78 is 0. The van der Waals surface area contributed by atoms with Gasteiger partial charge >= 0.3 is 5.97 Å². The summed E-state index contributed by atoms with van der Waals surface area (Å²) in [6, 6.07) is 0. The third kappa shape index (κ3) is 2.46. The maximum absolute atomic E-state index is 11.6. The first-order valence-corrected chi connectivity index (χ1v) is 5.62. The first kappa shape index (κ1) is 11.6. The Morgan fingerprint density at radius 3 is 2.76 bits per heavy atom. The molecule has 2 heterocycles. The second kappa shape index (κ2) is 4.57. The summed E-state index contributed by atoms with van der Waals surface area (Å²) in [5.41, 5.74) is 0.532. The third-order valence-electron chi connectivity index (χ3n) is 3.04. The fourth-order valence-corrected chi connectivity index (χ4v) is 2.04. The van der Waals surface area contributed by atoms with Crippen LogP contribution in [0.4, 0.5) is 5.82 Å². The van der Waals surface area contributed by atoms with E-state index < -0.39 is 5.97 Å². The highest BCUT2D eigenvalue weighted by atomic mass is 16.4. The smallest absolute Gasteiger partial charge is 0.306 e. The first-order valence-electron chi connectivity index (χ1n) is 5.62. The van der Waals surface area contributed by atoms with Crippen molar-refractivity contribution in [1.82, 2.24) is 9.97 Å². The summed E-state index contributed by atoms with van der Waals surface area (Å²) in [6.07, 6.45) is 2.69. The number of aromatic nitrogens is 2. The Labute approximate surface area is 98.3 Å². The molecule has 1 saturated heterocycles. The van der Waals surface area contributed by atoms with E-state index in [0.717, 1.165) is 5.69 Å². The van der Waals surface area contributed by atoms with Gasteiger partial charge < -0.3 is 15.0 Å². The highest BCUT2D eigenvalue weighted by molar-refractivity contribution is 5.70. The first-order chi connectivity index (χ1) is 8.08. The number of piperidine rings is 1. The fraction of sp³-hybridized carbons (Fsp3) is 0.545. The number of H-pyrrole nitrogens is 1. The van der Waals surface area contributed by atoms with E-state index in [-0.39, 0.29) is 11.5 Å². The Kier molecular flexibility index (Phi) is 3.12. The summed E-state index contributed by atoms with van der Waals surface area (Å²) in [5.74, 6) is -0.653. The predicted molar refractivity (Wildman–Crippen MR) is 62.2 cm³/mol. The molecule has 0 amide bonds. The van der Waals surface area contributed by atoms with Gasteiger partial charge in [-0.2, -0.15) is 0 Å². The minimum atomic E-state index is -0.754. The van der Waals surface area contributed by atoms with Gasteiger partial charge in [-0.25, -0.2) is 4.98 Å². The molecule has 1 aliphatic rings. The molecule has 1 aromatic heterocycles. The highest BCUT2D eigenvalue weighted by Crippen LogP contribution is 2.19. The zero-order valence-electron chi connectivity index (χ0n) is 9.64. The van der Waals surface area contributed by atoms with Gasteiger partial charge in [0, 0.05) is 19.3 Å². The molecule has 0 saturated carbocycles. The second-order valence-corrected chi connectivity index (χ2v) is 4.29. The topological polar surface area (TPSA) is 86.3 Å². The SMILES string of the molecule is Cc1c[nH]c(=O)c(N2CCC(C(=O)O)CC2)n1. The fourth-order valence-electron chi connectivity index (χ4n) is 2.04. The minimum Gasteiger partial charge on any atom is -0.481 e. The largest absolute Gasteiger partial charge is 0.481 e. The number of nitrogens with zero attached hydrogens (tertiary/aromatic N) is 2. The van der Waals surface area contributed by atoms with Gasteiger partial charge in [0.1, 0.15) is 0 Å². The van der Waals surface area contributed by atoms with Gasteiger partial charge in [-0.3, -0.25) is 9.59 Å². The Morgan fingerprint density at radius 2 is 2.18 bits per heavy atom. The molecule has 1 aromatic rings. The number of hydrogen-bond acceptors (Lipinski definition) is 4. The zero-order chi connectivity index (χ0) is 12.4. The molecule has 1 aliphatic heterocycles. The van der Waals surface area contributed by atoms with Crippen molar-refractivity contribution in [3.8, 4) is 0 Å². The zero-order valence-corrected chi connectivity index (χ0v) is 9.64. The van der Waals surface area contributed by atoms with Gasteiger partial charge in [0.05, 0.1) is 11.6 Å². The minimum absolute atomic E-state index is 0.218. The molecule has 0 aliphatic carbocycles. The van der Waals surface area contributed by atoms with Gasteiger partial charge in [0.15, 0.2) is 5.82 Å². The standard InChI is InChI=1S/C11H15N3O3/c1-7-6-12-10(15)9(13-7)14-4-2-8(3-5-14)11(16)17/h6,8H,2-5H2,1H3,(H,12,15)(H,16,17). The quantitative estimate of drug-likeness (QED) is 0.776. The summed E-state index contributed by atoms with van der Waals surface area (Å²) >= 11 is 0. The van der Waals surface area contributed by atoms with Crippen molar-refractivity contribution in [2.24, 2.45) is 5.92 Å². The number of carboxylic acid groups (broad SMARTS) is 1. The van der Waals surface area contributed by atoms with E-state index >= 15 is 0 Å². The molecular weight excluding hydrogens is 222 g/mol. The van der Waals surface area contributed by atoms with Crippen LogP contribution in [-0.2, 0) is 4.79 Å². The molecule has 17 heavy (non-hydrogen) atoms. The number of nitrogens with one attached hydrogen (secondary N) is 1. The number of aryl methyl sites for hydroxylation is 1. The lowest BCUT2D eigenvalue weighted by Crippen LogP contribution is -2.39. The van der Waals surface area contributed by atoms with Gasteiger partial charge in [0.25, 0.3) is 5.56 Å². The number of rotatable bonds is 2. The third-order valence-corrected chi connectivity index (χ3v) is 3.04. The Hall–Kier alpha value is -1.85. The molecule has 6 heteroatoms. The van der Waals surface area contributed by atoms with Crippen LogP contribution in [-0.4, -0.2) is 34.1 Å². The lowest BCUT2D eigenvalue weighted by molar-refractivity contribution is -0.142. The van der Waals surface area contributed by atoms with Gasteiger partial charge in [0.2, 0.25) is 0 Å². The van der Waals surface area contributed by atoms with Crippen LogP contribution < -0.4 is 10.5 Å². The van der Waals surface area contributed by atoms with Crippen molar-refractivity contribution in [3.63, 3.8) is 0 Å². The molecule has 6 nitrogen and oxygen atoms in total. The number of hydrogen-bond donors (Lipinski definition) is 2. The molecular formula is C11H15N3O3. The van der Waals surface area contributed by atoms with Crippen molar-refractivity contribution in [1.29, 1.82) is 0 Å². The van der Waals surface area contributed by atoms with E-state index in [2.05, 4.69) is 9.97 Å². The molecule has 0 atom stereocenters. The number of anilines is 1. The Morgan fingerprint density at radius 1 is 1.53 bits per heavy atom. The Balaban J connectivity index is 2.13. The summed E-state index contributed by atoms with van der Waals surface area (Å²) in [7, 11) is 0. The molecule has 1 fully saturated rings. The van der Waals surface area contributed by atoms with Crippen LogP contribution in [0.3, 0.4) is 0 Å². The van der Waals surface area contributed by atoms with E-state index in [1.807, 2.05) is 11.8 Å². The van der Waals surface area contributed by atoms with Crippen LogP contribution in [0.1, 0.15) is 18.5 Å². The average molecular weight is 237 g/mol. The van der Waals surface area contributed by atoms with Gasteiger partial charge in [-0.15, -0.1) is 0 Å². The molecule has 0 bridgehead atoms. The number of aromatic amines is 1. The second-order valence-electron chi connectivity index (χ2n) is 4.29. The predicted octanol–water partition coefficient (Wildman–Crippen LogP) is 0.379. The van der Waals surface area contributed by atoms with E-state index in [9.17, 15) is 9.59 Å². The summed E-state index contributed by atoms with van der Waals surface area (Å²) in [6.45, 7) is 2.94. The van der Waals surface area contributed by atoms with Crippen LogP contribution in [0.25, 0.3) is 0 Å². The van der Waals surface area contributed by atoms with Crippen LogP contribution in [0, 0.1) is 12.8 Å². The molecule has 0 radical (unpaired) electrons. The van der Waals surface area contributed by atoms with Crippen LogP contribution in [0.5, 0.6) is 0 Å². The number of aliphatic carboxylic acids is 1. The Bertz CT molecular complexity index is 475. The monoisotopic (exact) mass is 237 g/mol. The van der Waals surface area contributed by atoms with Gasteiger partial charge in [-0.05, 0) is 19.8 Å². The summed E-state index contributed by atoms with van der Waals surface area (Å²) in [4.78, 5) is 31.1. The molecule has 0 unspecified atom stereocenters. The van der Waals surface area contributed by atoms with Crippen LogP contribution in [0.2, 0.25) is 0 Å². The van der Waals surface area contributed by atoms with E-state index in [1.165, 1.54) is 0 Å². The molecule has 2 N–H and O–H groups in total. The van der Waals surface area contributed by atoms with E-state index in [4.69, 9.17) is 5.11 Å². The van der Waals surface area contributed by atoms with Crippen molar-refractivity contribution in [2.45, 2.75) is 19.8 Å². The lowest BCUT2D eigenvalue weighted by atomic mass is 9.97. The van der Waals surface area contributed by atoms with Crippen LogP contribution in [0.15, 0.2) is 11.0 Å². The maximum Gasteiger partial charge on any atom is 0.306 e. The van der Waals surface area contributed by atoms with Gasteiger partial charge in [-0.1, -0.05) is 0 Å². The molecule has 0 aromatic carbocycles. The van der Waals surface area contributed by atoms with E-state index in [0.29, 0.717) is 31.7 Å². The number of carboxylic acids is 1. The van der Waals surface area contributed by atoms with Crippen LogP contribution >= 0.6 is 0 Å². The van der Waals surface area contributed by atoms with Crippen molar-refractivity contribution in [2.75, 3.05) is 18.0 Å². The highest BCUT2D eigenvalue weighted by Gasteiger charge is 2.26. The molecule has 92 valence electrons. The van der Waals surface area contributed by atoms with Crippen molar-refractivity contribution < 1.29 is 9.90 Å². The summed E-state index contributed by atoms with van der Waals surface area (Å²) in [5, 5.41) is 8.89. The molecule has 0 spiro atoms. The average Bonchev–Trinajstić information content (AvgIpc) is 2.32. The van der Waals surface area contributed by atoms with Crippen molar-refractivity contribution >= 4 is 11.8 Å². The van der Waals surface area contributed by atoms with Crippen molar-refractivity contribution in [3.05, 3.63) is 22.2 Å². The lowest BCUT2D eigenvalue weighted by Gasteiger charge is -2.30. The number of carbonyl (C=O) groups is 1. The normalized spacial score (nSPS) is 17.1. The molecule has 2 rings (SSSR count).